The number of rotatable bonds is 4. The predicted octanol–water partition coefficient (Wildman–Crippen LogP) is 4.80. The van der Waals surface area contributed by atoms with Crippen LogP contribution in [0.25, 0.3) is 22.2 Å². The summed E-state index contributed by atoms with van der Waals surface area (Å²) in [6.07, 6.45) is 0. The summed E-state index contributed by atoms with van der Waals surface area (Å²) in [6, 6.07) is 18.5. The largest absolute Gasteiger partial charge is 0.384 e. The van der Waals surface area contributed by atoms with E-state index < -0.39 is 9.84 Å². The van der Waals surface area contributed by atoms with Crippen molar-refractivity contribution in [2.75, 3.05) is 5.73 Å². The van der Waals surface area contributed by atoms with Crippen molar-refractivity contribution >= 4 is 37.9 Å². The predicted molar refractivity (Wildman–Crippen MR) is 126 cm³/mol. The monoisotopic (exact) mass is 460 g/mol. The summed E-state index contributed by atoms with van der Waals surface area (Å²) in [5.74, 6) is -0.307. The van der Waals surface area contributed by atoms with E-state index >= 15 is 0 Å². The highest BCUT2D eigenvalue weighted by Crippen LogP contribution is 2.36. The summed E-state index contributed by atoms with van der Waals surface area (Å²) in [5.41, 5.74) is 10.5. The molecule has 0 saturated carbocycles. The molecule has 8 heteroatoms. The first-order chi connectivity index (χ1) is 15.8. The van der Waals surface area contributed by atoms with Gasteiger partial charge in [0.2, 0.25) is 9.84 Å². The molecule has 0 atom stereocenters. The van der Waals surface area contributed by atoms with Crippen LogP contribution in [-0.2, 0) is 16.4 Å². The van der Waals surface area contributed by atoms with E-state index in [-0.39, 0.29) is 33.5 Å². The van der Waals surface area contributed by atoms with Crippen LogP contribution in [0, 0.1) is 19.7 Å². The number of aryl methyl sites for hydroxylation is 2. The summed E-state index contributed by atoms with van der Waals surface area (Å²) in [5, 5.41) is 0. The number of nitrogens with two attached hydrogens (primary N) is 1. The summed E-state index contributed by atoms with van der Waals surface area (Å²) in [7, 11) is -4.00. The van der Waals surface area contributed by atoms with Gasteiger partial charge < -0.3 is 10.3 Å². The maximum atomic E-state index is 13.9. The number of fused-ring (bicyclic) bond motifs is 2. The molecule has 0 fully saturated rings. The van der Waals surface area contributed by atoms with E-state index in [0.29, 0.717) is 22.2 Å². The molecule has 0 radical (unpaired) electrons. The molecule has 0 spiro atoms. The van der Waals surface area contributed by atoms with Crippen molar-refractivity contribution < 1.29 is 12.8 Å². The lowest BCUT2D eigenvalue weighted by Gasteiger charge is -2.10. The molecule has 33 heavy (non-hydrogen) atoms. The second kappa shape index (κ2) is 7.67. The Bertz CT molecular complexity index is 1640. The van der Waals surface area contributed by atoms with Crippen molar-refractivity contribution in [1.82, 2.24) is 14.5 Å². The molecule has 3 aromatic carbocycles. The Labute approximate surface area is 190 Å². The van der Waals surface area contributed by atoms with Gasteiger partial charge in [-0.15, -0.1) is 0 Å². The zero-order valence-electron chi connectivity index (χ0n) is 18.1. The smallest absolute Gasteiger partial charge is 0.212 e. The second-order valence-corrected chi connectivity index (χ2v) is 9.94. The molecule has 6 nitrogen and oxygen atoms in total. The molecule has 0 unspecified atom stereocenters. The Kier molecular flexibility index (Phi) is 4.90. The second-order valence-electron chi connectivity index (χ2n) is 8.08. The molecule has 0 aliphatic carbocycles. The van der Waals surface area contributed by atoms with Gasteiger partial charge >= 0.3 is 0 Å². The number of nitrogen functional groups attached to an aromatic ring is 1. The van der Waals surface area contributed by atoms with Gasteiger partial charge in [-0.05, 0) is 60.9 Å². The first kappa shape index (κ1) is 21.1. The number of anilines is 1. The van der Waals surface area contributed by atoms with Gasteiger partial charge in [-0.25, -0.2) is 22.8 Å². The number of aromatic nitrogens is 3. The zero-order chi connectivity index (χ0) is 23.3. The highest BCUT2D eigenvalue weighted by atomic mass is 32.2. The van der Waals surface area contributed by atoms with Crippen LogP contribution in [-0.4, -0.2) is 23.0 Å². The highest BCUT2D eigenvalue weighted by Gasteiger charge is 2.31. The van der Waals surface area contributed by atoms with Gasteiger partial charge in [0.1, 0.15) is 22.0 Å². The van der Waals surface area contributed by atoms with Crippen LogP contribution in [0.5, 0.6) is 0 Å². The molecule has 0 amide bonds. The lowest BCUT2D eigenvalue weighted by molar-refractivity contribution is 0.596. The molecule has 5 rings (SSSR count). The van der Waals surface area contributed by atoms with Crippen molar-refractivity contribution in [3.05, 3.63) is 89.2 Å². The summed E-state index contributed by atoms with van der Waals surface area (Å²) in [4.78, 5) is 9.48. The van der Waals surface area contributed by atoms with Crippen molar-refractivity contribution in [1.29, 1.82) is 0 Å². The van der Waals surface area contributed by atoms with Crippen molar-refractivity contribution in [2.45, 2.75) is 30.2 Å². The molecular weight excluding hydrogens is 439 g/mol. The van der Waals surface area contributed by atoms with E-state index in [4.69, 9.17) is 10.7 Å². The van der Waals surface area contributed by atoms with E-state index in [1.807, 2.05) is 31.2 Å². The Hall–Kier alpha value is -3.78. The number of hydrogen-bond donors (Lipinski definition) is 1. The Morgan fingerprint density at radius 1 is 0.939 bits per heavy atom. The summed E-state index contributed by atoms with van der Waals surface area (Å²) >= 11 is 0. The van der Waals surface area contributed by atoms with Gasteiger partial charge in [-0.1, -0.05) is 36.4 Å². The number of halogens is 1. The van der Waals surface area contributed by atoms with Gasteiger partial charge in [-0.3, -0.25) is 0 Å². The third-order valence-corrected chi connectivity index (χ3v) is 7.66. The minimum Gasteiger partial charge on any atom is -0.384 e. The Morgan fingerprint density at radius 2 is 1.61 bits per heavy atom. The van der Waals surface area contributed by atoms with E-state index in [9.17, 15) is 12.8 Å². The van der Waals surface area contributed by atoms with Crippen LogP contribution in [0.3, 0.4) is 0 Å². The van der Waals surface area contributed by atoms with Crippen molar-refractivity contribution in [2.24, 2.45) is 0 Å². The van der Waals surface area contributed by atoms with Gasteiger partial charge in [0, 0.05) is 0 Å². The topological polar surface area (TPSA) is 90.9 Å². The lowest BCUT2D eigenvalue weighted by Crippen LogP contribution is -2.10. The van der Waals surface area contributed by atoms with Gasteiger partial charge in [0.25, 0.3) is 0 Å². The average molecular weight is 461 g/mol. The fourth-order valence-corrected chi connectivity index (χ4v) is 5.82. The highest BCUT2D eigenvalue weighted by molar-refractivity contribution is 7.92. The number of hydrogen-bond acceptors (Lipinski definition) is 5. The number of benzene rings is 3. The molecule has 2 heterocycles. The van der Waals surface area contributed by atoms with E-state index in [1.54, 1.807) is 41.8 Å². The quantitative estimate of drug-likeness (QED) is 0.416. The normalized spacial score (nSPS) is 12.0. The molecule has 0 bridgehead atoms. The molecule has 0 aliphatic heterocycles. The maximum Gasteiger partial charge on any atom is 0.212 e. The molecule has 2 N–H and O–H groups in total. The van der Waals surface area contributed by atoms with Gasteiger partial charge in [0.15, 0.2) is 5.65 Å². The number of nitrogens with zero attached hydrogens (tertiary/aromatic N) is 3. The maximum absolute atomic E-state index is 13.9. The average Bonchev–Trinajstić information content (AvgIpc) is 3.06. The fraction of sp³-hybridized carbons (Fsp3) is 0.120. The van der Waals surface area contributed by atoms with Gasteiger partial charge in [0.05, 0.1) is 22.5 Å². The third-order valence-electron chi connectivity index (χ3n) is 5.70. The molecule has 0 saturated heterocycles. The number of sulfone groups is 1. The van der Waals surface area contributed by atoms with E-state index in [0.717, 1.165) is 11.1 Å². The molecule has 5 aromatic rings. The van der Waals surface area contributed by atoms with Crippen LogP contribution >= 0.6 is 0 Å². The van der Waals surface area contributed by atoms with Crippen LogP contribution < -0.4 is 5.73 Å². The summed E-state index contributed by atoms with van der Waals surface area (Å²) in [6.45, 7) is 3.81. The minimum absolute atomic E-state index is 0.0468. The van der Waals surface area contributed by atoms with Crippen LogP contribution in [0.1, 0.15) is 16.7 Å². The molecule has 0 aliphatic rings. The molecular formula is C25H21FN4O2S. The first-order valence-electron chi connectivity index (χ1n) is 10.4. The fourth-order valence-electron chi connectivity index (χ4n) is 3.99. The third kappa shape index (κ3) is 3.52. The van der Waals surface area contributed by atoms with Crippen molar-refractivity contribution in [3.8, 4) is 0 Å². The molecule has 2 aromatic heterocycles. The van der Waals surface area contributed by atoms with Crippen LogP contribution in [0.2, 0.25) is 0 Å². The molecule has 166 valence electrons. The Balaban J connectivity index is 1.83. The lowest BCUT2D eigenvalue weighted by atomic mass is 10.2. The van der Waals surface area contributed by atoms with E-state index in [2.05, 4.69) is 4.98 Å². The van der Waals surface area contributed by atoms with Crippen molar-refractivity contribution in [3.63, 3.8) is 0 Å². The zero-order valence-corrected chi connectivity index (χ0v) is 18.9. The number of para-hydroxylation sites is 2. The minimum atomic E-state index is -4.00. The van der Waals surface area contributed by atoms with Gasteiger partial charge in [-0.2, -0.15) is 0 Å². The standard InChI is InChI=1S/C25H21FN4O2S/c1-15-7-8-16(2)21(13-15)33(31,32)23-22-25(29-20-6-4-3-5-19(20)28-22)30(24(23)27)14-17-9-11-18(26)12-10-17/h3-13H,14,27H2,1-2H3. The van der Waals surface area contributed by atoms with Crippen LogP contribution in [0.15, 0.2) is 76.5 Å². The summed E-state index contributed by atoms with van der Waals surface area (Å²) < 4.78 is 42.8. The first-order valence-corrected chi connectivity index (χ1v) is 11.9. The van der Waals surface area contributed by atoms with Crippen LogP contribution in [0.4, 0.5) is 10.2 Å². The Morgan fingerprint density at radius 3 is 2.30 bits per heavy atom. The SMILES string of the molecule is Cc1ccc(C)c(S(=O)(=O)c2c(N)n(Cc3ccc(F)cc3)c3nc4ccccc4nc23)c1. The van der Waals surface area contributed by atoms with E-state index in [1.165, 1.54) is 12.1 Å².